The van der Waals surface area contributed by atoms with Crippen LogP contribution in [0.2, 0.25) is 10.0 Å². The van der Waals surface area contributed by atoms with Gasteiger partial charge in [-0.1, -0.05) is 53.5 Å². The Bertz CT molecular complexity index is 1300. The highest BCUT2D eigenvalue weighted by Crippen LogP contribution is 2.29. The van der Waals surface area contributed by atoms with Gasteiger partial charge in [0.1, 0.15) is 0 Å². The first kappa shape index (κ1) is 24.6. The van der Waals surface area contributed by atoms with Crippen LogP contribution in [0, 0.1) is 0 Å². The second-order valence-electron chi connectivity index (χ2n) is 8.67. The van der Waals surface area contributed by atoms with E-state index in [2.05, 4.69) is 23.5 Å². The number of rotatable bonds is 7. The molecule has 0 spiro atoms. The van der Waals surface area contributed by atoms with Gasteiger partial charge in [0.25, 0.3) is 5.91 Å². The second-order valence-corrected chi connectivity index (χ2v) is 11.5. The zero-order valence-electron chi connectivity index (χ0n) is 19.0. The van der Waals surface area contributed by atoms with Gasteiger partial charge in [-0.15, -0.1) is 0 Å². The Morgan fingerprint density at radius 2 is 1.62 bits per heavy atom. The zero-order valence-corrected chi connectivity index (χ0v) is 21.3. The van der Waals surface area contributed by atoms with Crippen LogP contribution in [0.15, 0.2) is 60.7 Å². The van der Waals surface area contributed by atoms with Gasteiger partial charge in [0.15, 0.2) is 0 Å². The molecule has 0 radical (unpaired) electrons. The maximum atomic E-state index is 12.8. The Balaban J connectivity index is 1.46. The van der Waals surface area contributed by atoms with E-state index in [1.165, 1.54) is 21.9 Å². The highest BCUT2D eigenvalue weighted by molar-refractivity contribution is 7.92. The third-order valence-electron chi connectivity index (χ3n) is 6.05. The molecular weight excluding hydrogens is 491 g/mol. The molecule has 3 aromatic rings. The molecule has 178 valence electrons. The van der Waals surface area contributed by atoms with Crippen molar-refractivity contribution >= 4 is 44.8 Å². The summed E-state index contributed by atoms with van der Waals surface area (Å²) in [6.07, 6.45) is 4.54. The van der Waals surface area contributed by atoms with Crippen LogP contribution in [0.25, 0.3) is 0 Å². The Morgan fingerprint density at radius 3 is 2.26 bits per heavy atom. The summed E-state index contributed by atoms with van der Waals surface area (Å²) in [7, 11) is -3.59. The number of aryl methyl sites for hydroxylation is 2. The maximum absolute atomic E-state index is 12.8. The van der Waals surface area contributed by atoms with E-state index in [1.807, 2.05) is 6.92 Å². The number of hydrogen-bond acceptors (Lipinski definition) is 3. The summed E-state index contributed by atoms with van der Waals surface area (Å²) in [5.41, 5.74) is 5.48. The van der Waals surface area contributed by atoms with E-state index in [4.69, 9.17) is 23.2 Å². The van der Waals surface area contributed by atoms with E-state index < -0.39 is 10.0 Å². The summed E-state index contributed by atoms with van der Waals surface area (Å²) in [6.45, 7) is 2.06. The van der Waals surface area contributed by atoms with Crippen LogP contribution < -0.4 is 9.62 Å². The molecule has 0 aliphatic heterocycles. The van der Waals surface area contributed by atoms with Crippen LogP contribution in [0.1, 0.15) is 52.0 Å². The third-order valence-corrected chi connectivity index (χ3v) is 7.63. The largest absolute Gasteiger partial charge is 0.346 e. The van der Waals surface area contributed by atoms with Crippen molar-refractivity contribution in [1.29, 1.82) is 0 Å². The van der Waals surface area contributed by atoms with Crippen LogP contribution in [-0.4, -0.2) is 20.6 Å². The van der Waals surface area contributed by atoms with Crippen molar-refractivity contribution in [2.45, 2.75) is 38.8 Å². The molecule has 0 aromatic heterocycles. The van der Waals surface area contributed by atoms with Crippen LogP contribution in [-0.2, 0) is 29.4 Å². The molecule has 1 aliphatic rings. The van der Waals surface area contributed by atoms with Crippen molar-refractivity contribution < 1.29 is 13.2 Å². The van der Waals surface area contributed by atoms with Gasteiger partial charge in [-0.2, -0.15) is 0 Å². The first-order valence-electron chi connectivity index (χ1n) is 11.1. The highest BCUT2D eigenvalue weighted by Gasteiger charge is 2.20. The summed E-state index contributed by atoms with van der Waals surface area (Å²) in [6, 6.07) is 17.9. The lowest BCUT2D eigenvalue weighted by Gasteiger charge is -2.23. The first-order valence-corrected chi connectivity index (χ1v) is 13.7. The maximum Gasteiger partial charge on any atom is 0.251 e. The van der Waals surface area contributed by atoms with E-state index in [1.54, 1.807) is 42.5 Å². The van der Waals surface area contributed by atoms with Gasteiger partial charge in [0, 0.05) is 15.6 Å². The van der Waals surface area contributed by atoms with Crippen molar-refractivity contribution in [2.75, 3.05) is 10.6 Å². The van der Waals surface area contributed by atoms with Gasteiger partial charge in [0.05, 0.1) is 24.5 Å². The molecule has 1 amide bonds. The molecule has 0 fully saturated rings. The minimum atomic E-state index is -3.59. The van der Waals surface area contributed by atoms with Crippen LogP contribution in [0.4, 0.5) is 5.69 Å². The second kappa shape index (κ2) is 9.98. The SMILES string of the molecule is CC(NC(=O)c1ccc(CN(c2cc(Cl)cc(Cl)c2)S(C)(=O)=O)cc1)c1ccc2c(c1)CCC2. The Labute approximate surface area is 210 Å². The van der Waals surface area contributed by atoms with E-state index >= 15 is 0 Å². The molecular formula is C26H26Cl2N2O3S. The average Bonchev–Trinajstić information content (AvgIpc) is 3.24. The van der Waals surface area contributed by atoms with Crippen LogP contribution in [0.3, 0.4) is 0 Å². The number of carbonyl (C=O) groups is 1. The van der Waals surface area contributed by atoms with Gasteiger partial charge >= 0.3 is 0 Å². The molecule has 0 heterocycles. The summed E-state index contributed by atoms with van der Waals surface area (Å²) in [5.74, 6) is -0.179. The normalized spacial score (nSPS) is 13.9. The lowest BCUT2D eigenvalue weighted by molar-refractivity contribution is 0.0940. The summed E-state index contributed by atoms with van der Waals surface area (Å²) >= 11 is 12.1. The topological polar surface area (TPSA) is 66.5 Å². The molecule has 0 saturated heterocycles. The minimum Gasteiger partial charge on any atom is -0.346 e. The Morgan fingerprint density at radius 1 is 0.971 bits per heavy atom. The summed E-state index contributed by atoms with van der Waals surface area (Å²) < 4.78 is 26.1. The molecule has 4 rings (SSSR count). The smallest absolute Gasteiger partial charge is 0.251 e. The summed E-state index contributed by atoms with van der Waals surface area (Å²) in [4.78, 5) is 12.8. The van der Waals surface area contributed by atoms with Gasteiger partial charge in [-0.05, 0) is 78.8 Å². The van der Waals surface area contributed by atoms with Crippen molar-refractivity contribution in [3.05, 3.63) is 98.5 Å². The fourth-order valence-corrected chi connectivity index (χ4v) is 5.62. The number of hydrogen-bond donors (Lipinski definition) is 1. The highest BCUT2D eigenvalue weighted by atomic mass is 35.5. The van der Waals surface area contributed by atoms with Gasteiger partial charge in [0.2, 0.25) is 10.0 Å². The number of carbonyl (C=O) groups excluding carboxylic acids is 1. The number of nitrogens with zero attached hydrogens (tertiary/aromatic N) is 1. The number of halogens is 2. The molecule has 34 heavy (non-hydrogen) atoms. The number of fused-ring (bicyclic) bond motifs is 1. The van der Waals surface area contributed by atoms with E-state index in [-0.39, 0.29) is 18.5 Å². The summed E-state index contributed by atoms with van der Waals surface area (Å²) in [5, 5.41) is 3.75. The van der Waals surface area contributed by atoms with Gasteiger partial charge in [-0.25, -0.2) is 8.42 Å². The fourth-order valence-electron chi connectivity index (χ4n) is 4.24. The van der Waals surface area contributed by atoms with Crippen molar-refractivity contribution in [1.82, 2.24) is 5.32 Å². The predicted octanol–water partition coefficient (Wildman–Crippen LogP) is 5.94. The average molecular weight is 517 g/mol. The first-order chi connectivity index (χ1) is 16.1. The third kappa shape index (κ3) is 5.74. The number of sulfonamides is 1. The predicted molar refractivity (Wildman–Crippen MR) is 138 cm³/mol. The van der Waals surface area contributed by atoms with Crippen LogP contribution in [0.5, 0.6) is 0 Å². The Hall–Kier alpha value is -2.54. The molecule has 1 unspecified atom stereocenters. The number of amides is 1. The van der Waals surface area contributed by atoms with Gasteiger partial charge in [-0.3, -0.25) is 9.10 Å². The van der Waals surface area contributed by atoms with Crippen molar-refractivity contribution in [3.8, 4) is 0 Å². The molecule has 0 bridgehead atoms. The quantitative estimate of drug-likeness (QED) is 0.422. The van der Waals surface area contributed by atoms with E-state index in [0.717, 1.165) is 30.2 Å². The van der Waals surface area contributed by atoms with Crippen molar-refractivity contribution in [2.24, 2.45) is 0 Å². The monoisotopic (exact) mass is 516 g/mol. The lowest BCUT2D eigenvalue weighted by Crippen LogP contribution is -2.29. The zero-order chi connectivity index (χ0) is 24.5. The van der Waals surface area contributed by atoms with Crippen molar-refractivity contribution in [3.63, 3.8) is 0 Å². The minimum absolute atomic E-state index is 0.0862. The molecule has 8 heteroatoms. The lowest BCUT2D eigenvalue weighted by atomic mass is 10.0. The molecule has 3 aromatic carbocycles. The standard InChI is InChI=1S/C26H26Cl2N2O3S/c1-17(21-11-10-19-4-3-5-22(19)12-21)29-26(31)20-8-6-18(7-9-20)16-30(34(2,32)33)25-14-23(27)13-24(28)15-25/h6-15,17H,3-5,16H2,1-2H3,(H,29,31). The molecule has 0 saturated carbocycles. The van der Waals surface area contributed by atoms with Gasteiger partial charge < -0.3 is 5.32 Å². The fraction of sp³-hybridized carbons (Fsp3) is 0.269. The number of anilines is 1. The molecule has 1 aliphatic carbocycles. The van der Waals surface area contributed by atoms with E-state index in [0.29, 0.717) is 21.3 Å². The molecule has 5 nitrogen and oxygen atoms in total. The van der Waals surface area contributed by atoms with Crippen LogP contribution >= 0.6 is 23.2 Å². The molecule has 1 N–H and O–H groups in total. The van der Waals surface area contributed by atoms with E-state index in [9.17, 15) is 13.2 Å². The molecule has 1 atom stereocenters. The Kier molecular flexibility index (Phi) is 7.22. The number of nitrogens with one attached hydrogen (secondary N) is 1. The number of benzene rings is 3.